The maximum absolute atomic E-state index is 11.4. The number of alkyl carbamates (subject to hydrolysis) is 1. The molecule has 19 heavy (non-hydrogen) atoms. The third-order valence-electron chi connectivity index (χ3n) is 2.23. The quantitative estimate of drug-likeness (QED) is 0.851. The average molecular weight is 282 g/mol. The van der Waals surface area contributed by atoms with Gasteiger partial charge in [-0.25, -0.2) is 4.79 Å². The fourth-order valence-electron chi connectivity index (χ4n) is 1.34. The zero-order valence-corrected chi connectivity index (χ0v) is 10.8. The summed E-state index contributed by atoms with van der Waals surface area (Å²) < 4.78 is 9.87. The number of nitrogens with one attached hydrogen (secondary N) is 1. The van der Waals surface area contributed by atoms with E-state index in [2.05, 4.69) is 15.5 Å². The van der Waals surface area contributed by atoms with E-state index < -0.39 is 6.09 Å². The molecule has 1 N–H and O–H groups in total. The second-order valence-corrected chi connectivity index (χ2v) is 3.92. The molecule has 1 amide bonds. The molecule has 0 saturated carbocycles. The first kappa shape index (κ1) is 13.4. The van der Waals surface area contributed by atoms with Crippen molar-refractivity contribution in [3.8, 4) is 0 Å². The number of hydrogen-bond donors (Lipinski definition) is 1. The highest BCUT2D eigenvalue weighted by atomic mass is 35.5. The van der Waals surface area contributed by atoms with E-state index in [9.17, 15) is 4.79 Å². The molecule has 0 saturated heterocycles. The van der Waals surface area contributed by atoms with Gasteiger partial charge in [-0.05, 0) is 5.56 Å². The fourth-order valence-corrected chi connectivity index (χ4v) is 1.45. The molecule has 1 aromatic heterocycles. The Morgan fingerprint density at radius 2 is 2.16 bits per heavy atom. The average Bonchev–Trinajstić information content (AvgIpc) is 2.92. The minimum Gasteiger partial charge on any atom is -0.445 e. The number of rotatable bonds is 5. The van der Waals surface area contributed by atoms with E-state index in [1.807, 2.05) is 30.3 Å². The van der Waals surface area contributed by atoms with Crippen LogP contribution in [0.25, 0.3) is 0 Å². The number of amides is 1. The lowest BCUT2D eigenvalue weighted by molar-refractivity contribution is 0.138. The lowest BCUT2D eigenvalue weighted by Gasteiger charge is -2.04. The summed E-state index contributed by atoms with van der Waals surface area (Å²) in [6, 6.07) is 9.40. The Bertz CT molecular complexity index is 530. The predicted molar refractivity (Wildman–Crippen MR) is 67.3 cm³/mol. The SMILES string of the molecule is O=C(NCc1nc(CCl)no1)OCc1ccccc1. The molecule has 0 aliphatic carbocycles. The van der Waals surface area contributed by atoms with Gasteiger partial charge in [0.05, 0.1) is 5.88 Å². The smallest absolute Gasteiger partial charge is 0.407 e. The molecular formula is C12H12ClN3O3. The van der Waals surface area contributed by atoms with Crippen molar-refractivity contribution in [2.75, 3.05) is 0 Å². The monoisotopic (exact) mass is 281 g/mol. The first-order chi connectivity index (χ1) is 9.28. The molecule has 2 aromatic rings. The summed E-state index contributed by atoms with van der Waals surface area (Å²) in [5.74, 6) is 0.838. The second kappa shape index (κ2) is 6.75. The normalized spacial score (nSPS) is 10.2. The molecule has 0 spiro atoms. The molecule has 0 aliphatic rings. The van der Waals surface area contributed by atoms with Gasteiger partial charge in [0.25, 0.3) is 0 Å². The highest BCUT2D eigenvalue weighted by molar-refractivity contribution is 6.16. The van der Waals surface area contributed by atoms with Gasteiger partial charge in [-0.15, -0.1) is 11.6 Å². The van der Waals surface area contributed by atoms with Gasteiger partial charge in [-0.1, -0.05) is 35.5 Å². The molecule has 1 aromatic carbocycles. The van der Waals surface area contributed by atoms with E-state index in [1.165, 1.54) is 0 Å². The number of carbonyl (C=O) groups is 1. The van der Waals surface area contributed by atoms with E-state index in [0.29, 0.717) is 5.82 Å². The van der Waals surface area contributed by atoms with Crippen LogP contribution in [0.1, 0.15) is 17.3 Å². The van der Waals surface area contributed by atoms with E-state index in [-0.39, 0.29) is 24.9 Å². The number of halogens is 1. The van der Waals surface area contributed by atoms with E-state index >= 15 is 0 Å². The number of nitrogens with zero attached hydrogens (tertiary/aromatic N) is 2. The van der Waals surface area contributed by atoms with Gasteiger partial charge in [-0.2, -0.15) is 4.98 Å². The van der Waals surface area contributed by atoms with Crippen molar-refractivity contribution >= 4 is 17.7 Å². The Morgan fingerprint density at radius 1 is 1.37 bits per heavy atom. The zero-order valence-electron chi connectivity index (χ0n) is 10.0. The Morgan fingerprint density at radius 3 is 2.84 bits per heavy atom. The molecule has 100 valence electrons. The van der Waals surface area contributed by atoms with Crippen molar-refractivity contribution in [3.63, 3.8) is 0 Å². The standard InChI is InChI=1S/C12H12ClN3O3/c13-6-10-15-11(19-16-10)7-14-12(17)18-8-9-4-2-1-3-5-9/h1-5H,6-8H2,(H,14,17). The van der Waals surface area contributed by atoms with E-state index in [0.717, 1.165) is 5.56 Å². The van der Waals surface area contributed by atoms with Crippen LogP contribution < -0.4 is 5.32 Å². The van der Waals surface area contributed by atoms with Crippen LogP contribution in [0, 0.1) is 0 Å². The minimum atomic E-state index is -0.547. The number of carbonyl (C=O) groups excluding carboxylic acids is 1. The van der Waals surface area contributed by atoms with Crippen LogP contribution in [0.2, 0.25) is 0 Å². The van der Waals surface area contributed by atoms with Gasteiger partial charge in [0.2, 0.25) is 5.89 Å². The molecule has 0 bridgehead atoms. The first-order valence-electron chi connectivity index (χ1n) is 5.60. The number of ether oxygens (including phenoxy) is 1. The first-order valence-corrected chi connectivity index (χ1v) is 6.13. The Labute approximate surface area is 114 Å². The van der Waals surface area contributed by atoms with Crippen LogP contribution in [-0.4, -0.2) is 16.2 Å². The maximum Gasteiger partial charge on any atom is 0.407 e. The number of aromatic nitrogens is 2. The van der Waals surface area contributed by atoms with Crippen molar-refractivity contribution in [2.45, 2.75) is 19.0 Å². The van der Waals surface area contributed by atoms with Crippen LogP contribution in [0.5, 0.6) is 0 Å². The summed E-state index contributed by atoms with van der Waals surface area (Å²) in [6.07, 6.45) is -0.547. The predicted octanol–water partition coefficient (Wildman–Crippen LogP) is 2.23. The third-order valence-corrected chi connectivity index (χ3v) is 2.47. The Balaban J connectivity index is 1.73. The summed E-state index contributed by atoms with van der Waals surface area (Å²) >= 11 is 5.52. The third kappa shape index (κ3) is 4.26. The van der Waals surface area contributed by atoms with Crippen LogP contribution in [0.4, 0.5) is 4.79 Å². The molecule has 6 nitrogen and oxygen atoms in total. The molecular weight excluding hydrogens is 270 g/mol. The van der Waals surface area contributed by atoms with Crippen LogP contribution >= 0.6 is 11.6 Å². The Hall–Kier alpha value is -2.08. The van der Waals surface area contributed by atoms with Crippen molar-refractivity contribution in [1.29, 1.82) is 0 Å². The van der Waals surface area contributed by atoms with Crippen LogP contribution in [-0.2, 0) is 23.8 Å². The highest BCUT2D eigenvalue weighted by Crippen LogP contribution is 2.02. The fraction of sp³-hybridized carbons (Fsp3) is 0.250. The van der Waals surface area contributed by atoms with Gasteiger partial charge in [-0.3, -0.25) is 0 Å². The lowest BCUT2D eigenvalue weighted by atomic mass is 10.2. The van der Waals surface area contributed by atoms with Gasteiger partial charge in [0, 0.05) is 0 Å². The molecule has 0 fully saturated rings. The summed E-state index contributed by atoms with van der Waals surface area (Å²) in [5.41, 5.74) is 0.917. The van der Waals surface area contributed by atoms with Gasteiger partial charge >= 0.3 is 6.09 Å². The molecule has 0 unspecified atom stereocenters. The number of benzene rings is 1. The number of alkyl halides is 1. The van der Waals surface area contributed by atoms with Gasteiger partial charge in [0.15, 0.2) is 5.82 Å². The summed E-state index contributed by atoms with van der Waals surface area (Å²) in [4.78, 5) is 15.4. The lowest BCUT2D eigenvalue weighted by Crippen LogP contribution is -2.23. The molecule has 0 aliphatic heterocycles. The molecule has 1 heterocycles. The second-order valence-electron chi connectivity index (χ2n) is 3.65. The minimum absolute atomic E-state index is 0.109. The molecule has 0 atom stereocenters. The molecule has 7 heteroatoms. The topological polar surface area (TPSA) is 77.3 Å². The van der Waals surface area contributed by atoms with Crippen molar-refractivity contribution in [3.05, 3.63) is 47.6 Å². The highest BCUT2D eigenvalue weighted by Gasteiger charge is 2.08. The molecule has 2 rings (SSSR count). The summed E-state index contributed by atoms with van der Waals surface area (Å²) in [6.45, 7) is 0.320. The maximum atomic E-state index is 11.4. The van der Waals surface area contributed by atoms with E-state index in [4.69, 9.17) is 20.9 Å². The molecule has 0 radical (unpaired) electrons. The Kier molecular flexibility index (Phi) is 4.74. The largest absolute Gasteiger partial charge is 0.445 e. The van der Waals surface area contributed by atoms with Gasteiger partial charge < -0.3 is 14.6 Å². The zero-order chi connectivity index (χ0) is 13.5. The van der Waals surface area contributed by atoms with Crippen LogP contribution in [0.15, 0.2) is 34.9 Å². The van der Waals surface area contributed by atoms with E-state index in [1.54, 1.807) is 0 Å². The summed E-state index contributed by atoms with van der Waals surface area (Å²) in [5, 5.41) is 6.10. The van der Waals surface area contributed by atoms with Crippen molar-refractivity contribution < 1.29 is 14.1 Å². The summed E-state index contributed by atoms with van der Waals surface area (Å²) in [7, 11) is 0. The van der Waals surface area contributed by atoms with Crippen molar-refractivity contribution in [1.82, 2.24) is 15.5 Å². The van der Waals surface area contributed by atoms with Gasteiger partial charge in [0.1, 0.15) is 13.2 Å². The van der Waals surface area contributed by atoms with Crippen molar-refractivity contribution in [2.24, 2.45) is 0 Å². The van der Waals surface area contributed by atoms with Crippen LogP contribution in [0.3, 0.4) is 0 Å². The number of hydrogen-bond acceptors (Lipinski definition) is 5.